The zero-order valence-corrected chi connectivity index (χ0v) is 23.5. The van der Waals surface area contributed by atoms with Gasteiger partial charge in [-0.2, -0.15) is 0 Å². The molecule has 1 aliphatic rings. The molecule has 0 aliphatic carbocycles. The molecule has 1 N–H and O–H groups in total. The third kappa shape index (κ3) is 6.07. The Morgan fingerprint density at radius 3 is 2.29 bits per heavy atom. The molecule has 0 radical (unpaired) electrons. The summed E-state index contributed by atoms with van der Waals surface area (Å²) >= 11 is 3.47. The molecule has 2 aromatic carbocycles. The number of esters is 1. The number of carbonyl (C=O) groups excluding carboxylic acids is 3. The van der Waals surface area contributed by atoms with E-state index < -0.39 is 23.3 Å². The summed E-state index contributed by atoms with van der Waals surface area (Å²) in [5.41, 5.74) is 1.24. The van der Waals surface area contributed by atoms with E-state index in [9.17, 15) is 14.4 Å². The fourth-order valence-electron chi connectivity index (χ4n) is 4.39. The van der Waals surface area contributed by atoms with Crippen molar-refractivity contribution < 1.29 is 23.9 Å². The number of amides is 1. The Labute approximate surface area is 229 Å². The van der Waals surface area contributed by atoms with Crippen LogP contribution in [0.3, 0.4) is 0 Å². The van der Waals surface area contributed by atoms with Gasteiger partial charge in [0.1, 0.15) is 23.7 Å². The molecule has 0 unspecified atom stereocenters. The van der Waals surface area contributed by atoms with Crippen LogP contribution >= 0.6 is 15.9 Å². The first-order valence-electron chi connectivity index (χ1n) is 12.3. The van der Waals surface area contributed by atoms with Gasteiger partial charge in [-0.1, -0.05) is 30.3 Å². The van der Waals surface area contributed by atoms with Crippen molar-refractivity contribution in [3.05, 3.63) is 64.3 Å². The topological polar surface area (TPSA) is 104 Å². The monoisotopic (exact) mass is 582 g/mol. The van der Waals surface area contributed by atoms with Gasteiger partial charge in [0.25, 0.3) is 11.7 Å². The maximum atomic E-state index is 13.3. The average Bonchev–Trinajstić information content (AvgIpc) is 3.34. The van der Waals surface area contributed by atoms with Crippen molar-refractivity contribution in [3.8, 4) is 5.75 Å². The van der Waals surface area contributed by atoms with Crippen LogP contribution in [0.1, 0.15) is 36.7 Å². The Kier molecular flexibility index (Phi) is 8.20. The summed E-state index contributed by atoms with van der Waals surface area (Å²) in [5, 5.41) is 0.569. The number of hydrogen-bond donors (Lipinski definition) is 1. The zero-order valence-electron chi connectivity index (χ0n) is 21.9. The number of rotatable bonds is 6. The SMILES string of the molecule is COc1ccc(Br)c2[nH]cc(C(=O)C(=O)N3CCN(/C(=N/CC(=O)OC(C)(C)C)c4ccccc4)CC3)c12. The Balaban J connectivity index is 1.49. The first-order valence-corrected chi connectivity index (χ1v) is 13.1. The molecule has 1 amide bonds. The highest BCUT2D eigenvalue weighted by molar-refractivity contribution is 9.10. The van der Waals surface area contributed by atoms with E-state index in [4.69, 9.17) is 9.47 Å². The number of nitrogens with one attached hydrogen (secondary N) is 1. The van der Waals surface area contributed by atoms with Gasteiger partial charge in [0.05, 0.1) is 23.6 Å². The minimum atomic E-state index is -0.594. The van der Waals surface area contributed by atoms with E-state index in [-0.39, 0.29) is 12.1 Å². The van der Waals surface area contributed by atoms with E-state index in [1.165, 1.54) is 7.11 Å². The molecule has 2 heterocycles. The van der Waals surface area contributed by atoms with E-state index in [0.29, 0.717) is 48.7 Å². The standard InChI is InChI=1S/C28H31BrN4O5/c1-28(2,3)38-22(34)17-31-26(18-8-6-5-7-9-18)32-12-14-33(15-13-32)27(36)25(35)19-16-30-24-20(29)10-11-21(37-4)23(19)24/h5-11,16,30H,12-15,17H2,1-4H3/b31-26+. The number of nitrogens with zero attached hydrogens (tertiary/aromatic N) is 3. The van der Waals surface area contributed by atoms with Gasteiger partial charge in [-0.25, -0.2) is 0 Å². The zero-order chi connectivity index (χ0) is 27.4. The number of hydrogen-bond acceptors (Lipinski definition) is 6. The molecule has 0 saturated carbocycles. The number of ether oxygens (including phenoxy) is 2. The van der Waals surface area contributed by atoms with Gasteiger partial charge in [-0.3, -0.25) is 19.4 Å². The van der Waals surface area contributed by atoms with Crippen molar-refractivity contribution in [2.75, 3.05) is 39.8 Å². The van der Waals surface area contributed by atoms with Crippen molar-refractivity contribution in [3.63, 3.8) is 0 Å². The number of halogens is 1. The molecular formula is C28H31BrN4O5. The quantitative estimate of drug-likeness (QED) is 0.154. The number of Topliss-reactive ketones (excluding diaryl/α,β-unsaturated/α-hetero) is 1. The second-order valence-corrected chi connectivity index (χ2v) is 10.8. The number of fused-ring (bicyclic) bond motifs is 1. The molecule has 3 aromatic rings. The molecule has 1 saturated heterocycles. The number of amidine groups is 1. The molecule has 10 heteroatoms. The van der Waals surface area contributed by atoms with Crippen LogP contribution in [0.15, 0.2) is 58.1 Å². The molecule has 0 spiro atoms. The predicted molar refractivity (Wildman–Crippen MR) is 149 cm³/mol. The predicted octanol–water partition coefficient (Wildman–Crippen LogP) is 4.05. The largest absolute Gasteiger partial charge is 0.496 e. The van der Waals surface area contributed by atoms with E-state index in [2.05, 4.69) is 25.9 Å². The van der Waals surface area contributed by atoms with Crippen LogP contribution < -0.4 is 4.74 Å². The average molecular weight is 583 g/mol. The summed E-state index contributed by atoms with van der Waals surface area (Å²) in [6.45, 7) is 6.93. The molecule has 0 atom stereocenters. The van der Waals surface area contributed by atoms with Crippen molar-refractivity contribution in [2.45, 2.75) is 26.4 Å². The number of aromatic nitrogens is 1. The number of piperazine rings is 1. The minimum Gasteiger partial charge on any atom is -0.496 e. The maximum absolute atomic E-state index is 13.3. The lowest BCUT2D eigenvalue weighted by molar-refractivity contribution is -0.152. The first kappa shape index (κ1) is 27.4. The van der Waals surface area contributed by atoms with Crippen LogP contribution in [-0.2, 0) is 14.3 Å². The van der Waals surface area contributed by atoms with Gasteiger partial charge in [0, 0.05) is 42.4 Å². The van der Waals surface area contributed by atoms with Gasteiger partial charge in [0.15, 0.2) is 0 Å². The van der Waals surface area contributed by atoms with Gasteiger partial charge < -0.3 is 24.3 Å². The minimum absolute atomic E-state index is 0.114. The fourth-order valence-corrected chi connectivity index (χ4v) is 4.83. The third-order valence-corrected chi connectivity index (χ3v) is 6.74. The highest BCUT2D eigenvalue weighted by atomic mass is 79.9. The summed E-state index contributed by atoms with van der Waals surface area (Å²) < 4.78 is 11.6. The van der Waals surface area contributed by atoms with Gasteiger partial charge in [0.2, 0.25) is 0 Å². The summed E-state index contributed by atoms with van der Waals surface area (Å²) in [4.78, 5) is 50.0. The van der Waals surface area contributed by atoms with E-state index >= 15 is 0 Å². The molecule has 38 heavy (non-hydrogen) atoms. The molecule has 4 rings (SSSR count). The Bertz CT molecular complexity index is 1370. The van der Waals surface area contributed by atoms with Crippen molar-refractivity contribution >= 4 is 50.3 Å². The molecular weight excluding hydrogens is 552 g/mol. The lowest BCUT2D eigenvalue weighted by atomic mass is 10.1. The summed E-state index contributed by atoms with van der Waals surface area (Å²) in [6, 6.07) is 13.2. The number of aromatic amines is 1. The van der Waals surface area contributed by atoms with Crippen molar-refractivity contribution in [2.24, 2.45) is 4.99 Å². The van der Waals surface area contributed by atoms with Gasteiger partial charge in [-0.05, 0) is 48.8 Å². The van der Waals surface area contributed by atoms with Crippen LogP contribution in [0.2, 0.25) is 0 Å². The number of ketones is 1. The Hall–Kier alpha value is -3.66. The van der Waals surface area contributed by atoms with Crippen molar-refractivity contribution in [1.82, 2.24) is 14.8 Å². The smallest absolute Gasteiger partial charge is 0.328 e. The van der Waals surface area contributed by atoms with E-state index in [0.717, 1.165) is 10.0 Å². The fraction of sp³-hybridized carbons (Fsp3) is 0.357. The number of carbonyl (C=O) groups is 3. The van der Waals surface area contributed by atoms with Crippen LogP contribution in [0.25, 0.3) is 10.9 Å². The highest BCUT2D eigenvalue weighted by Gasteiger charge is 2.30. The highest BCUT2D eigenvalue weighted by Crippen LogP contribution is 2.34. The van der Waals surface area contributed by atoms with Gasteiger partial charge >= 0.3 is 5.97 Å². The second kappa shape index (κ2) is 11.4. The number of aliphatic imine (C=N–C) groups is 1. The summed E-state index contributed by atoms with van der Waals surface area (Å²) in [7, 11) is 1.53. The van der Waals surface area contributed by atoms with Crippen molar-refractivity contribution in [1.29, 1.82) is 0 Å². The molecule has 1 aromatic heterocycles. The van der Waals surface area contributed by atoms with Crippen LogP contribution in [0.5, 0.6) is 5.75 Å². The molecule has 9 nitrogen and oxygen atoms in total. The number of methoxy groups -OCH3 is 1. The van der Waals surface area contributed by atoms with Crippen LogP contribution in [-0.4, -0.2) is 83.7 Å². The normalized spacial score (nSPS) is 14.5. The number of H-pyrrole nitrogens is 1. The molecule has 1 fully saturated rings. The Morgan fingerprint density at radius 2 is 1.66 bits per heavy atom. The first-order chi connectivity index (χ1) is 18.1. The maximum Gasteiger partial charge on any atom is 0.328 e. The van der Waals surface area contributed by atoms with Crippen LogP contribution in [0, 0.1) is 0 Å². The number of benzene rings is 2. The van der Waals surface area contributed by atoms with Crippen LogP contribution in [0.4, 0.5) is 0 Å². The molecule has 0 bridgehead atoms. The van der Waals surface area contributed by atoms with E-state index in [1.54, 1.807) is 17.2 Å². The summed E-state index contributed by atoms with van der Waals surface area (Å²) in [5.74, 6) is -0.408. The molecule has 1 aliphatic heterocycles. The third-order valence-electron chi connectivity index (χ3n) is 6.08. The summed E-state index contributed by atoms with van der Waals surface area (Å²) in [6.07, 6.45) is 1.55. The molecule has 200 valence electrons. The Morgan fingerprint density at radius 1 is 1.00 bits per heavy atom. The van der Waals surface area contributed by atoms with E-state index in [1.807, 2.05) is 62.1 Å². The second-order valence-electron chi connectivity index (χ2n) is 9.90. The van der Waals surface area contributed by atoms with Gasteiger partial charge in [-0.15, -0.1) is 0 Å². The lowest BCUT2D eigenvalue weighted by Crippen LogP contribution is -2.52. The lowest BCUT2D eigenvalue weighted by Gasteiger charge is -2.36.